The van der Waals surface area contributed by atoms with Crippen LogP contribution in [0.4, 0.5) is 40.8 Å². The van der Waals surface area contributed by atoms with Crippen LogP contribution in [0, 0.1) is 18.6 Å². The minimum Gasteiger partial charge on any atom is -0.493 e. The number of hydrogen-bond acceptors (Lipinski definition) is 5. The van der Waals surface area contributed by atoms with Gasteiger partial charge in [-0.05, 0) is 48.9 Å². The molecule has 15 heteroatoms. The van der Waals surface area contributed by atoms with Crippen molar-refractivity contribution in [2.45, 2.75) is 19.5 Å². The van der Waals surface area contributed by atoms with Gasteiger partial charge in [0.1, 0.15) is 22.9 Å². The quantitative estimate of drug-likeness (QED) is 0.326. The number of halogens is 8. The number of nitrogens with two attached hydrogens (primary N) is 1. The molecular formula is C24H16F8N2O5. The van der Waals surface area contributed by atoms with Gasteiger partial charge in [0, 0.05) is 11.8 Å². The van der Waals surface area contributed by atoms with Crippen molar-refractivity contribution in [1.29, 1.82) is 0 Å². The number of nitrogens with one attached hydrogen (secondary N) is 1. The normalized spacial score (nSPS) is 11.6. The summed E-state index contributed by atoms with van der Waals surface area (Å²) in [4.78, 5) is 24.5. The summed E-state index contributed by atoms with van der Waals surface area (Å²) in [5.41, 5.74) is 1.01. The van der Waals surface area contributed by atoms with E-state index in [-0.39, 0.29) is 17.3 Å². The topological polar surface area (TPSA) is 99.9 Å². The minimum atomic E-state index is -5.24. The van der Waals surface area contributed by atoms with E-state index in [4.69, 9.17) is 15.2 Å². The van der Waals surface area contributed by atoms with Gasteiger partial charge in [0.25, 0.3) is 11.8 Å². The molecule has 0 aliphatic rings. The summed E-state index contributed by atoms with van der Waals surface area (Å²) in [5, 5.41) is 2.08. The molecule has 3 aromatic rings. The molecule has 39 heavy (non-hydrogen) atoms. The lowest BCUT2D eigenvalue weighted by Gasteiger charge is -2.18. The van der Waals surface area contributed by atoms with E-state index in [1.54, 1.807) is 0 Å². The SMILES string of the molecule is COc1cc(OC(F)(F)F)ccc1Oc1ccc(C(F)(F)F)c(F)c1C(=O)Nc1cc(C(N)=O)c(F)cc1C. The smallest absolute Gasteiger partial charge is 0.493 e. The van der Waals surface area contributed by atoms with Gasteiger partial charge in [-0.2, -0.15) is 13.2 Å². The summed E-state index contributed by atoms with van der Waals surface area (Å²) >= 11 is 0. The number of alkyl halides is 6. The zero-order valence-electron chi connectivity index (χ0n) is 19.7. The van der Waals surface area contributed by atoms with Crippen molar-refractivity contribution in [1.82, 2.24) is 0 Å². The molecule has 0 unspecified atom stereocenters. The molecule has 0 aliphatic heterocycles. The highest BCUT2D eigenvalue weighted by Gasteiger charge is 2.38. The molecule has 0 aromatic heterocycles. The maximum absolute atomic E-state index is 15.1. The second-order valence-electron chi connectivity index (χ2n) is 7.73. The van der Waals surface area contributed by atoms with Crippen molar-refractivity contribution >= 4 is 17.5 Å². The van der Waals surface area contributed by atoms with E-state index < -0.39 is 75.7 Å². The van der Waals surface area contributed by atoms with Crippen molar-refractivity contribution < 1.29 is 58.9 Å². The molecule has 0 fully saturated rings. The van der Waals surface area contributed by atoms with Gasteiger partial charge in [-0.3, -0.25) is 9.59 Å². The first-order valence-electron chi connectivity index (χ1n) is 10.4. The summed E-state index contributed by atoms with van der Waals surface area (Å²) in [6.07, 6.45) is -10.3. The first kappa shape index (κ1) is 29.0. The van der Waals surface area contributed by atoms with Crippen molar-refractivity contribution in [3.8, 4) is 23.0 Å². The first-order chi connectivity index (χ1) is 18.0. The molecule has 0 spiro atoms. The molecule has 2 amide bonds. The Morgan fingerprint density at radius 1 is 0.897 bits per heavy atom. The predicted molar refractivity (Wildman–Crippen MR) is 119 cm³/mol. The van der Waals surface area contributed by atoms with E-state index >= 15 is 4.39 Å². The number of primary amides is 1. The van der Waals surface area contributed by atoms with Gasteiger partial charge in [0.2, 0.25) is 0 Å². The fourth-order valence-electron chi connectivity index (χ4n) is 3.30. The number of aryl methyl sites for hydroxylation is 1. The number of amides is 2. The third kappa shape index (κ3) is 6.66. The Labute approximate surface area is 214 Å². The van der Waals surface area contributed by atoms with Crippen LogP contribution in [0.1, 0.15) is 31.8 Å². The van der Waals surface area contributed by atoms with Crippen LogP contribution in [-0.4, -0.2) is 25.3 Å². The second kappa shape index (κ2) is 10.7. The Hall–Kier alpha value is -4.56. The number of methoxy groups -OCH3 is 1. The Morgan fingerprint density at radius 2 is 1.54 bits per heavy atom. The van der Waals surface area contributed by atoms with Crippen LogP contribution in [0.15, 0.2) is 42.5 Å². The summed E-state index contributed by atoms with van der Waals surface area (Å²) in [7, 11) is 1.02. The van der Waals surface area contributed by atoms with Crippen LogP contribution < -0.4 is 25.3 Å². The molecule has 3 aromatic carbocycles. The third-order valence-electron chi connectivity index (χ3n) is 5.05. The van der Waals surface area contributed by atoms with Gasteiger partial charge in [-0.25, -0.2) is 8.78 Å². The number of hydrogen-bond donors (Lipinski definition) is 2. The van der Waals surface area contributed by atoms with Gasteiger partial charge in [0.15, 0.2) is 17.3 Å². The zero-order chi connectivity index (χ0) is 29.3. The van der Waals surface area contributed by atoms with E-state index in [9.17, 15) is 40.3 Å². The number of carbonyl (C=O) groups is 2. The van der Waals surface area contributed by atoms with Gasteiger partial charge in [0.05, 0.1) is 18.2 Å². The zero-order valence-corrected chi connectivity index (χ0v) is 19.7. The molecule has 0 saturated heterocycles. The number of rotatable bonds is 7. The summed E-state index contributed by atoms with van der Waals surface area (Å²) in [6, 6.07) is 4.88. The van der Waals surface area contributed by atoms with Crippen molar-refractivity contribution in [2.24, 2.45) is 5.73 Å². The number of carbonyl (C=O) groups excluding carboxylic acids is 2. The average Bonchev–Trinajstić information content (AvgIpc) is 2.79. The standard InChI is InChI=1S/C24H16F8N2O5/c1-10-7-14(25)12(21(33)35)9-15(10)34-22(36)19-17(6-4-13(20(19)26)23(27,28)29)38-16-5-3-11(8-18(16)37-2)39-24(30,31)32/h3-9H,1-2H3,(H2,33,35)(H,34,36). The molecule has 0 aliphatic carbocycles. The Balaban J connectivity index is 2.10. The molecule has 3 N–H and O–H groups in total. The maximum Gasteiger partial charge on any atom is 0.573 e. The highest BCUT2D eigenvalue weighted by atomic mass is 19.4. The number of benzene rings is 3. The van der Waals surface area contributed by atoms with E-state index in [0.717, 1.165) is 37.4 Å². The average molecular weight is 564 g/mol. The highest BCUT2D eigenvalue weighted by molar-refractivity contribution is 6.07. The second-order valence-corrected chi connectivity index (χ2v) is 7.73. The van der Waals surface area contributed by atoms with Gasteiger partial charge in [-0.15, -0.1) is 13.2 Å². The molecule has 208 valence electrons. The summed E-state index contributed by atoms with van der Waals surface area (Å²) < 4.78 is 121. The van der Waals surface area contributed by atoms with Crippen LogP contribution >= 0.6 is 0 Å². The molecule has 3 rings (SSSR count). The summed E-state index contributed by atoms with van der Waals surface area (Å²) in [5.74, 6) is -8.19. The van der Waals surface area contributed by atoms with E-state index in [1.165, 1.54) is 6.92 Å². The monoisotopic (exact) mass is 564 g/mol. The third-order valence-corrected chi connectivity index (χ3v) is 5.05. The van der Waals surface area contributed by atoms with Crippen LogP contribution in [0.5, 0.6) is 23.0 Å². The molecule has 0 saturated carbocycles. The summed E-state index contributed by atoms with van der Waals surface area (Å²) in [6.45, 7) is 1.28. The lowest BCUT2D eigenvalue weighted by atomic mass is 10.1. The van der Waals surface area contributed by atoms with Crippen LogP contribution in [0.25, 0.3) is 0 Å². The fourth-order valence-corrected chi connectivity index (χ4v) is 3.30. The minimum absolute atomic E-state index is 0.00243. The van der Waals surface area contributed by atoms with E-state index in [2.05, 4.69) is 10.1 Å². The number of anilines is 1. The lowest BCUT2D eigenvalue weighted by Crippen LogP contribution is -2.20. The Morgan fingerprint density at radius 3 is 2.10 bits per heavy atom. The molecule has 0 radical (unpaired) electrons. The van der Waals surface area contributed by atoms with Crippen molar-refractivity contribution in [2.75, 3.05) is 12.4 Å². The molecule has 0 heterocycles. The number of ether oxygens (including phenoxy) is 3. The van der Waals surface area contributed by atoms with E-state index in [1.807, 2.05) is 0 Å². The Kier molecular flexibility index (Phi) is 7.93. The highest BCUT2D eigenvalue weighted by Crippen LogP contribution is 2.41. The predicted octanol–water partition coefficient (Wildman–Crippen LogP) is 6.34. The maximum atomic E-state index is 15.1. The van der Waals surface area contributed by atoms with Crippen LogP contribution in [-0.2, 0) is 6.18 Å². The Bertz CT molecular complexity index is 1440. The molecule has 0 bridgehead atoms. The van der Waals surface area contributed by atoms with Gasteiger partial charge in [-0.1, -0.05) is 0 Å². The van der Waals surface area contributed by atoms with Crippen LogP contribution in [0.3, 0.4) is 0 Å². The first-order valence-corrected chi connectivity index (χ1v) is 10.4. The van der Waals surface area contributed by atoms with Gasteiger partial charge >= 0.3 is 12.5 Å². The molecule has 0 atom stereocenters. The van der Waals surface area contributed by atoms with Crippen LogP contribution in [0.2, 0.25) is 0 Å². The molecule has 7 nitrogen and oxygen atoms in total. The lowest BCUT2D eigenvalue weighted by molar-refractivity contribution is -0.274. The molecular weight excluding hydrogens is 548 g/mol. The largest absolute Gasteiger partial charge is 0.573 e. The van der Waals surface area contributed by atoms with Crippen molar-refractivity contribution in [3.05, 3.63) is 76.4 Å². The van der Waals surface area contributed by atoms with Crippen molar-refractivity contribution in [3.63, 3.8) is 0 Å². The van der Waals surface area contributed by atoms with Gasteiger partial charge < -0.3 is 25.3 Å². The fraction of sp³-hybridized carbons (Fsp3) is 0.167. The van der Waals surface area contributed by atoms with E-state index in [0.29, 0.717) is 6.07 Å².